The number of nitrogens with zero attached hydrogens (tertiary/aromatic N) is 2. The van der Waals surface area contributed by atoms with E-state index >= 15 is 0 Å². The Morgan fingerprint density at radius 3 is 2.41 bits per heavy atom. The van der Waals surface area contributed by atoms with Crippen LogP contribution in [-0.2, 0) is 0 Å². The van der Waals surface area contributed by atoms with Gasteiger partial charge in [-0.25, -0.2) is 0 Å². The van der Waals surface area contributed by atoms with Crippen molar-refractivity contribution in [1.29, 1.82) is 0 Å². The summed E-state index contributed by atoms with van der Waals surface area (Å²) in [5.41, 5.74) is 0.670. The second-order valence-corrected chi connectivity index (χ2v) is 6.18. The summed E-state index contributed by atoms with van der Waals surface area (Å²) in [6.07, 6.45) is -4.79. The molecular formula is C18H13ClF3N3O4. The number of aliphatic hydroxyl groups is 1. The monoisotopic (exact) mass is 427 g/mol. The predicted octanol–water partition coefficient (Wildman–Crippen LogP) is 3.75. The highest BCUT2D eigenvalue weighted by Gasteiger charge is 2.31. The third kappa shape index (κ3) is 5.46. The number of benzene rings is 2. The first kappa shape index (κ1) is 20.6. The average Bonchev–Trinajstić information content (AvgIpc) is 3.15. The maximum Gasteiger partial charge on any atom is 0.573 e. The molecule has 0 aliphatic heterocycles. The van der Waals surface area contributed by atoms with E-state index in [1.165, 1.54) is 24.3 Å². The van der Waals surface area contributed by atoms with Gasteiger partial charge in [0.2, 0.25) is 5.82 Å². The molecule has 29 heavy (non-hydrogen) atoms. The Labute approximate surface area is 167 Å². The molecule has 1 heterocycles. The van der Waals surface area contributed by atoms with Crippen LogP contribution in [0.15, 0.2) is 53.1 Å². The highest BCUT2D eigenvalue weighted by molar-refractivity contribution is 6.30. The van der Waals surface area contributed by atoms with Gasteiger partial charge in [0.15, 0.2) is 0 Å². The maximum atomic E-state index is 12.3. The van der Waals surface area contributed by atoms with Gasteiger partial charge < -0.3 is 19.7 Å². The number of aliphatic hydroxyl groups excluding tert-OH is 1. The van der Waals surface area contributed by atoms with Crippen LogP contribution >= 0.6 is 11.6 Å². The predicted molar refractivity (Wildman–Crippen MR) is 95.2 cm³/mol. The number of amides is 1. The SMILES string of the molecule is O=C(NC(CO)c1nc(-c2ccc(OC(F)(F)F)cc2)no1)c1ccc(Cl)cc1. The number of halogens is 4. The number of aromatic nitrogens is 2. The van der Waals surface area contributed by atoms with Crippen LogP contribution in [0, 0.1) is 0 Å². The lowest BCUT2D eigenvalue weighted by molar-refractivity contribution is -0.274. The fourth-order valence-electron chi connectivity index (χ4n) is 2.33. The fraction of sp³-hybridized carbons (Fsp3) is 0.167. The van der Waals surface area contributed by atoms with Crippen molar-refractivity contribution in [1.82, 2.24) is 15.5 Å². The van der Waals surface area contributed by atoms with Crippen LogP contribution in [-0.4, -0.2) is 34.1 Å². The van der Waals surface area contributed by atoms with Crippen LogP contribution in [0.25, 0.3) is 11.4 Å². The molecule has 11 heteroatoms. The van der Waals surface area contributed by atoms with Gasteiger partial charge in [-0.2, -0.15) is 4.98 Å². The van der Waals surface area contributed by atoms with E-state index in [4.69, 9.17) is 16.1 Å². The summed E-state index contributed by atoms with van der Waals surface area (Å²) < 4.78 is 45.5. The highest BCUT2D eigenvalue weighted by atomic mass is 35.5. The number of carbonyl (C=O) groups excluding carboxylic acids is 1. The van der Waals surface area contributed by atoms with E-state index in [2.05, 4.69) is 20.2 Å². The molecule has 0 saturated carbocycles. The zero-order valence-corrected chi connectivity index (χ0v) is 15.2. The molecule has 0 aliphatic carbocycles. The zero-order valence-electron chi connectivity index (χ0n) is 14.5. The van der Waals surface area contributed by atoms with Crippen molar-refractivity contribution in [2.45, 2.75) is 12.4 Å². The minimum Gasteiger partial charge on any atom is -0.406 e. The van der Waals surface area contributed by atoms with Gasteiger partial charge in [0.05, 0.1) is 6.61 Å². The van der Waals surface area contributed by atoms with Crippen molar-refractivity contribution in [3.63, 3.8) is 0 Å². The Hall–Kier alpha value is -3.11. The standard InChI is InChI=1S/C18H13ClF3N3O4/c19-12-5-1-11(2-6-12)16(27)23-14(9-26)17-24-15(25-29-17)10-3-7-13(8-4-10)28-18(20,21)22/h1-8,14,26H,9H2,(H,23,27). The smallest absolute Gasteiger partial charge is 0.406 e. The largest absolute Gasteiger partial charge is 0.573 e. The van der Waals surface area contributed by atoms with E-state index in [1.54, 1.807) is 12.1 Å². The molecule has 1 amide bonds. The molecule has 3 rings (SSSR count). The molecule has 2 N–H and O–H groups in total. The normalized spacial score (nSPS) is 12.4. The number of hydrogen-bond acceptors (Lipinski definition) is 6. The van der Waals surface area contributed by atoms with Crippen molar-refractivity contribution in [2.75, 3.05) is 6.61 Å². The van der Waals surface area contributed by atoms with E-state index in [9.17, 15) is 23.1 Å². The topological polar surface area (TPSA) is 97.5 Å². The summed E-state index contributed by atoms with van der Waals surface area (Å²) in [6, 6.07) is 9.96. The van der Waals surface area contributed by atoms with Crippen molar-refractivity contribution in [3.05, 3.63) is 65.0 Å². The second-order valence-electron chi connectivity index (χ2n) is 5.74. The molecule has 0 fully saturated rings. The van der Waals surface area contributed by atoms with Crippen molar-refractivity contribution in [2.24, 2.45) is 0 Å². The summed E-state index contributed by atoms with van der Waals surface area (Å²) in [6.45, 7) is -0.515. The number of ether oxygens (including phenoxy) is 1. The second kappa shape index (κ2) is 8.50. The average molecular weight is 428 g/mol. The summed E-state index contributed by atoms with van der Waals surface area (Å²) in [5, 5.41) is 16.3. The molecule has 0 saturated heterocycles. The van der Waals surface area contributed by atoms with Crippen molar-refractivity contribution < 1.29 is 32.3 Å². The molecule has 0 spiro atoms. The first-order valence-electron chi connectivity index (χ1n) is 8.12. The van der Waals surface area contributed by atoms with Crippen LogP contribution in [0.4, 0.5) is 13.2 Å². The van der Waals surface area contributed by atoms with Gasteiger partial charge in [-0.15, -0.1) is 13.2 Å². The molecule has 3 aromatic rings. The van der Waals surface area contributed by atoms with Gasteiger partial charge in [0.25, 0.3) is 11.8 Å². The van der Waals surface area contributed by atoms with Gasteiger partial charge in [0.1, 0.15) is 11.8 Å². The lowest BCUT2D eigenvalue weighted by Gasteiger charge is -2.12. The third-order valence-corrected chi connectivity index (χ3v) is 3.93. The maximum absolute atomic E-state index is 12.3. The van der Waals surface area contributed by atoms with Crippen molar-refractivity contribution >= 4 is 17.5 Å². The van der Waals surface area contributed by atoms with E-state index < -0.39 is 30.7 Å². The minimum atomic E-state index is -4.79. The molecule has 0 radical (unpaired) electrons. The molecule has 2 aromatic carbocycles. The van der Waals surface area contributed by atoms with Crippen LogP contribution in [0.1, 0.15) is 22.3 Å². The van der Waals surface area contributed by atoms with E-state index in [1.807, 2.05) is 0 Å². The van der Waals surface area contributed by atoms with Gasteiger partial charge in [-0.1, -0.05) is 16.8 Å². The Morgan fingerprint density at radius 1 is 1.17 bits per heavy atom. The molecule has 1 unspecified atom stereocenters. The number of nitrogens with one attached hydrogen (secondary N) is 1. The number of carbonyl (C=O) groups is 1. The van der Waals surface area contributed by atoms with Gasteiger partial charge in [-0.3, -0.25) is 4.79 Å². The first-order valence-corrected chi connectivity index (χ1v) is 8.50. The van der Waals surface area contributed by atoms with Crippen LogP contribution < -0.4 is 10.1 Å². The molecule has 7 nitrogen and oxygen atoms in total. The Bertz CT molecular complexity index is 975. The van der Waals surface area contributed by atoms with Gasteiger partial charge in [-0.05, 0) is 48.5 Å². The highest BCUT2D eigenvalue weighted by Crippen LogP contribution is 2.26. The first-order chi connectivity index (χ1) is 13.7. The Balaban J connectivity index is 1.71. The Kier molecular flexibility index (Phi) is 6.04. The molecule has 0 aliphatic rings. The minimum absolute atomic E-state index is 0.0674. The van der Waals surface area contributed by atoms with E-state index in [-0.39, 0.29) is 11.7 Å². The van der Waals surface area contributed by atoms with Crippen molar-refractivity contribution in [3.8, 4) is 17.1 Å². The molecule has 1 atom stereocenters. The fourth-order valence-corrected chi connectivity index (χ4v) is 2.45. The number of rotatable bonds is 6. The molecule has 0 bridgehead atoms. The van der Waals surface area contributed by atoms with E-state index in [0.29, 0.717) is 16.1 Å². The molecule has 152 valence electrons. The summed E-state index contributed by atoms with van der Waals surface area (Å²) in [4.78, 5) is 16.3. The van der Waals surface area contributed by atoms with Gasteiger partial charge in [0, 0.05) is 16.1 Å². The molecular weight excluding hydrogens is 415 g/mol. The van der Waals surface area contributed by atoms with E-state index in [0.717, 1.165) is 12.1 Å². The number of hydrogen-bond donors (Lipinski definition) is 2. The van der Waals surface area contributed by atoms with Crippen LogP contribution in [0.2, 0.25) is 5.02 Å². The summed E-state index contributed by atoms with van der Waals surface area (Å²) in [5.74, 6) is -0.888. The van der Waals surface area contributed by atoms with Crippen LogP contribution in [0.3, 0.4) is 0 Å². The Morgan fingerprint density at radius 2 is 1.83 bits per heavy atom. The van der Waals surface area contributed by atoms with Gasteiger partial charge >= 0.3 is 6.36 Å². The number of alkyl halides is 3. The lowest BCUT2D eigenvalue weighted by Crippen LogP contribution is -2.31. The third-order valence-electron chi connectivity index (χ3n) is 3.68. The zero-order chi connectivity index (χ0) is 21.0. The summed E-state index contributed by atoms with van der Waals surface area (Å²) in [7, 11) is 0. The van der Waals surface area contributed by atoms with Crippen LogP contribution in [0.5, 0.6) is 5.75 Å². The lowest BCUT2D eigenvalue weighted by atomic mass is 10.2. The quantitative estimate of drug-likeness (QED) is 0.621. The summed E-state index contributed by atoms with van der Waals surface area (Å²) >= 11 is 5.78. The molecule has 1 aromatic heterocycles.